The van der Waals surface area contributed by atoms with Crippen LogP contribution in [0.4, 0.5) is 4.39 Å². The average molecular weight is 440 g/mol. The Balaban J connectivity index is 1.43. The summed E-state index contributed by atoms with van der Waals surface area (Å²) < 4.78 is 15.2. The van der Waals surface area contributed by atoms with Crippen LogP contribution in [0, 0.1) is 5.82 Å². The summed E-state index contributed by atoms with van der Waals surface area (Å²) in [6.07, 6.45) is 4.15. The monoisotopic (exact) mass is 440 g/mol. The van der Waals surface area contributed by atoms with E-state index in [9.17, 15) is 18.8 Å². The van der Waals surface area contributed by atoms with Gasteiger partial charge in [0.2, 0.25) is 17.7 Å². The molecule has 2 aromatic heterocycles. The number of nitrogens with zero attached hydrogens (tertiary/aromatic N) is 3. The molecule has 3 heterocycles. The summed E-state index contributed by atoms with van der Waals surface area (Å²) >= 11 is 0. The minimum absolute atomic E-state index is 0.115. The zero-order chi connectivity index (χ0) is 22.8. The van der Waals surface area contributed by atoms with Crippen LogP contribution in [0.5, 0.6) is 0 Å². The Bertz CT molecular complexity index is 1180. The summed E-state index contributed by atoms with van der Waals surface area (Å²) in [7, 11) is 1.77. The van der Waals surface area contributed by atoms with Crippen LogP contribution in [-0.2, 0) is 34.4 Å². The number of amides is 3. The molecule has 0 saturated heterocycles. The van der Waals surface area contributed by atoms with Gasteiger partial charge in [-0.15, -0.1) is 0 Å². The highest BCUT2D eigenvalue weighted by molar-refractivity contribution is 5.88. The van der Waals surface area contributed by atoms with E-state index < -0.39 is 5.92 Å². The van der Waals surface area contributed by atoms with Crippen LogP contribution in [0.25, 0.3) is 10.9 Å². The summed E-state index contributed by atoms with van der Waals surface area (Å²) in [5.74, 6) is -1.69. The van der Waals surface area contributed by atoms with E-state index >= 15 is 0 Å². The van der Waals surface area contributed by atoms with Gasteiger partial charge in [-0.05, 0) is 30.2 Å². The van der Waals surface area contributed by atoms with Gasteiger partial charge >= 0.3 is 0 Å². The van der Waals surface area contributed by atoms with Crippen LogP contribution in [-0.4, -0.2) is 57.0 Å². The second-order valence-electron chi connectivity index (χ2n) is 7.99. The predicted octanol–water partition coefficient (Wildman–Crippen LogP) is 0.961. The van der Waals surface area contributed by atoms with E-state index in [4.69, 9.17) is 0 Å². The number of nitrogens with one attached hydrogen (secondary N) is 3. The number of carbonyl (C=O) groups excluding carboxylic acids is 3. The van der Waals surface area contributed by atoms with E-state index in [2.05, 4.69) is 20.7 Å². The average Bonchev–Trinajstić information content (AvgIpc) is 3.33. The highest BCUT2D eigenvalue weighted by atomic mass is 19.1. The lowest BCUT2D eigenvalue weighted by molar-refractivity contribution is -0.134. The highest BCUT2D eigenvalue weighted by Gasteiger charge is 2.35. The maximum absolute atomic E-state index is 13.6. The highest BCUT2D eigenvalue weighted by Crippen LogP contribution is 2.27. The summed E-state index contributed by atoms with van der Waals surface area (Å²) in [4.78, 5) is 41.3. The summed E-state index contributed by atoms with van der Waals surface area (Å²) in [5, 5.41) is 10.7. The molecule has 0 saturated carbocycles. The Kier molecular flexibility index (Phi) is 5.93. The van der Waals surface area contributed by atoms with Crippen molar-refractivity contribution in [3.63, 3.8) is 0 Å². The van der Waals surface area contributed by atoms with Crippen LogP contribution in [0.15, 0.2) is 30.6 Å². The SMILES string of the molecule is CC(=O)NCC(=O)N1Cc2cn(C)nc2C(C(=O)NCCc2c[nH]c3ccc(F)cc23)C1. The zero-order valence-electron chi connectivity index (χ0n) is 17.9. The minimum Gasteiger partial charge on any atom is -0.361 e. The van der Waals surface area contributed by atoms with Gasteiger partial charge in [0.1, 0.15) is 5.82 Å². The van der Waals surface area contributed by atoms with Crippen molar-refractivity contribution in [1.29, 1.82) is 0 Å². The Hall–Kier alpha value is -3.69. The van der Waals surface area contributed by atoms with Crippen molar-refractivity contribution < 1.29 is 18.8 Å². The Morgan fingerprint density at radius 2 is 2.09 bits per heavy atom. The first kappa shape index (κ1) is 21.5. The first-order chi connectivity index (χ1) is 15.3. The van der Waals surface area contributed by atoms with Crippen LogP contribution in [0.2, 0.25) is 0 Å². The fraction of sp³-hybridized carbons (Fsp3) is 0.364. The standard InChI is InChI=1S/C22H25FN6O3/c1-13(30)25-9-20(31)29-11-15-10-28(2)27-21(15)18(12-29)22(32)24-6-5-14-8-26-19-4-3-16(23)7-17(14)19/h3-4,7-8,10,18,26H,5-6,9,11-12H2,1-2H3,(H,24,32)(H,25,30). The molecule has 0 radical (unpaired) electrons. The van der Waals surface area contributed by atoms with Gasteiger partial charge in [-0.2, -0.15) is 5.10 Å². The smallest absolute Gasteiger partial charge is 0.242 e. The number of aryl methyl sites for hydroxylation is 1. The molecular weight excluding hydrogens is 415 g/mol. The maximum Gasteiger partial charge on any atom is 0.242 e. The molecule has 1 unspecified atom stereocenters. The zero-order valence-corrected chi connectivity index (χ0v) is 17.9. The van der Waals surface area contributed by atoms with E-state index in [0.29, 0.717) is 25.2 Å². The molecule has 168 valence electrons. The molecule has 3 aromatic rings. The third-order valence-corrected chi connectivity index (χ3v) is 5.61. The Morgan fingerprint density at radius 1 is 1.28 bits per heavy atom. The number of aromatic nitrogens is 3. The van der Waals surface area contributed by atoms with Crippen LogP contribution in [0.3, 0.4) is 0 Å². The number of benzene rings is 1. The molecule has 0 bridgehead atoms. The lowest BCUT2D eigenvalue weighted by atomic mass is 9.95. The first-order valence-electron chi connectivity index (χ1n) is 10.4. The van der Waals surface area contributed by atoms with E-state index in [1.807, 2.05) is 6.20 Å². The molecule has 1 atom stereocenters. The van der Waals surface area contributed by atoms with Gasteiger partial charge in [-0.3, -0.25) is 19.1 Å². The van der Waals surface area contributed by atoms with Crippen molar-refractivity contribution in [3.05, 3.63) is 53.2 Å². The number of H-pyrrole nitrogens is 1. The molecule has 0 aliphatic carbocycles. The van der Waals surface area contributed by atoms with E-state index in [-0.39, 0.29) is 36.6 Å². The van der Waals surface area contributed by atoms with Gasteiger partial charge in [0.15, 0.2) is 0 Å². The number of aromatic amines is 1. The molecule has 0 spiro atoms. The van der Waals surface area contributed by atoms with Gasteiger partial charge in [0, 0.05) is 62.5 Å². The van der Waals surface area contributed by atoms with Crippen molar-refractivity contribution in [2.75, 3.05) is 19.6 Å². The van der Waals surface area contributed by atoms with E-state index in [0.717, 1.165) is 22.0 Å². The Labute approximate surface area is 184 Å². The van der Waals surface area contributed by atoms with Gasteiger partial charge in [-0.25, -0.2) is 4.39 Å². The van der Waals surface area contributed by atoms with Crippen LogP contribution < -0.4 is 10.6 Å². The van der Waals surface area contributed by atoms with Crippen molar-refractivity contribution in [2.45, 2.75) is 25.8 Å². The number of hydrogen-bond acceptors (Lipinski definition) is 4. The van der Waals surface area contributed by atoms with Crippen molar-refractivity contribution in [2.24, 2.45) is 7.05 Å². The molecule has 0 fully saturated rings. The topological polar surface area (TPSA) is 112 Å². The van der Waals surface area contributed by atoms with Crippen molar-refractivity contribution in [3.8, 4) is 0 Å². The number of fused-ring (bicyclic) bond motifs is 2. The second-order valence-corrected chi connectivity index (χ2v) is 7.99. The Morgan fingerprint density at radius 3 is 2.88 bits per heavy atom. The van der Waals surface area contributed by atoms with Crippen LogP contribution >= 0.6 is 0 Å². The third-order valence-electron chi connectivity index (χ3n) is 5.61. The van der Waals surface area contributed by atoms with E-state index in [1.165, 1.54) is 19.1 Å². The fourth-order valence-corrected chi connectivity index (χ4v) is 4.06. The van der Waals surface area contributed by atoms with Gasteiger partial charge in [-0.1, -0.05) is 0 Å². The molecule has 9 nitrogen and oxygen atoms in total. The number of rotatable bonds is 6. The number of halogens is 1. The van der Waals surface area contributed by atoms with Crippen LogP contribution in [0.1, 0.15) is 29.7 Å². The normalized spacial score (nSPS) is 15.5. The first-order valence-corrected chi connectivity index (χ1v) is 10.4. The lowest BCUT2D eigenvalue weighted by Crippen LogP contribution is -2.46. The minimum atomic E-state index is -0.610. The lowest BCUT2D eigenvalue weighted by Gasteiger charge is -2.31. The molecule has 10 heteroatoms. The van der Waals surface area contributed by atoms with Gasteiger partial charge < -0.3 is 20.5 Å². The summed E-state index contributed by atoms with van der Waals surface area (Å²) in [6.45, 7) is 2.12. The molecule has 3 N–H and O–H groups in total. The molecule has 32 heavy (non-hydrogen) atoms. The largest absolute Gasteiger partial charge is 0.361 e. The molecule has 1 aliphatic heterocycles. The molecule has 1 aliphatic rings. The predicted molar refractivity (Wildman–Crippen MR) is 115 cm³/mol. The van der Waals surface area contributed by atoms with E-state index in [1.54, 1.807) is 28.9 Å². The quantitative estimate of drug-likeness (QED) is 0.530. The molecule has 3 amide bonds. The maximum atomic E-state index is 13.6. The van der Waals surface area contributed by atoms with Crippen molar-refractivity contribution in [1.82, 2.24) is 30.3 Å². The van der Waals surface area contributed by atoms with Gasteiger partial charge in [0.05, 0.1) is 18.2 Å². The number of hydrogen-bond donors (Lipinski definition) is 3. The fourth-order valence-electron chi connectivity index (χ4n) is 4.06. The molecular formula is C22H25FN6O3. The molecule has 4 rings (SSSR count). The number of carbonyl (C=O) groups is 3. The second kappa shape index (κ2) is 8.81. The van der Waals surface area contributed by atoms with Gasteiger partial charge in [0.25, 0.3) is 0 Å². The summed E-state index contributed by atoms with van der Waals surface area (Å²) in [6, 6.07) is 4.56. The third kappa shape index (κ3) is 4.48. The molecule has 1 aromatic carbocycles. The summed E-state index contributed by atoms with van der Waals surface area (Å²) in [5.41, 5.74) is 3.21. The van der Waals surface area contributed by atoms with Crippen molar-refractivity contribution >= 4 is 28.6 Å².